The molecule has 4 heteroatoms. The van der Waals surface area contributed by atoms with E-state index in [0.29, 0.717) is 5.92 Å². The van der Waals surface area contributed by atoms with Crippen LogP contribution < -0.4 is 0 Å². The van der Waals surface area contributed by atoms with Gasteiger partial charge in [0.1, 0.15) is 0 Å². The Kier molecular flexibility index (Phi) is 4.36. The van der Waals surface area contributed by atoms with Gasteiger partial charge < -0.3 is 5.11 Å². The summed E-state index contributed by atoms with van der Waals surface area (Å²) in [6.45, 7) is 4.97. The van der Waals surface area contributed by atoms with Crippen LogP contribution in [0.25, 0.3) is 5.69 Å². The molecule has 1 aromatic heterocycles. The van der Waals surface area contributed by atoms with E-state index in [1.165, 1.54) is 5.56 Å². The van der Waals surface area contributed by atoms with E-state index in [1.807, 2.05) is 36.0 Å². The fourth-order valence-electron chi connectivity index (χ4n) is 3.02. The summed E-state index contributed by atoms with van der Waals surface area (Å²) in [6.07, 6.45) is 6.06. The Morgan fingerprint density at radius 1 is 1.24 bits per heavy atom. The summed E-state index contributed by atoms with van der Waals surface area (Å²) >= 11 is 0. The first-order chi connectivity index (χ1) is 10.2. The highest BCUT2D eigenvalue weighted by Crippen LogP contribution is 2.21. The minimum atomic E-state index is -0.173. The second kappa shape index (κ2) is 6.41. The van der Waals surface area contributed by atoms with Crippen LogP contribution in [-0.4, -0.2) is 39.0 Å². The summed E-state index contributed by atoms with van der Waals surface area (Å²) in [6, 6.07) is 10.2. The number of aromatic nitrogens is 2. The van der Waals surface area contributed by atoms with E-state index in [2.05, 4.69) is 28.3 Å². The second-order valence-corrected chi connectivity index (χ2v) is 5.98. The van der Waals surface area contributed by atoms with Gasteiger partial charge in [0.15, 0.2) is 0 Å². The van der Waals surface area contributed by atoms with Crippen molar-refractivity contribution in [1.29, 1.82) is 0 Å². The van der Waals surface area contributed by atoms with Crippen LogP contribution in [-0.2, 0) is 6.54 Å². The van der Waals surface area contributed by atoms with Crippen LogP contribution in [0.1, 0.15) is 25.3 Å². The summed E-state index contributed by atoms with van der Waals surface area (Å²) in [5.41, 5.74) is 2.34. The zero-order chi connectivity index (χ0) is 14.7. The van der Waals surface area contributed by atoms with E-state index in [9.17, 15) is 5.11 Å². The van der Waals surface area contributed by atoms with Crippen LogP contribution in [0.3, 0.4) is 0 Å². The smallest absolute Gasteiger partial charge is 0.0645 e. The topological polar surface area (TPSA) is 41.3 Å². The van der Waals surface area contributed by atoms with E-state index in [-0.39, 0.29) is 6.10 Å². The van der Waals surface area contributed by atoms with Gasteiger partial charge in [-0.2, -0.15) is 5.10 Å². The van der Waals surface area contributed by atoms with E-state index in [0.717, 1.165) is 38.2 Å². The lowest BCUT2D eigenvalue weighted by Gasteiger charge is -2.32. The number of nitrogens with zero attached hydrogens (tertiary/aromatic N) is 3. The maximum absolute atomic E-state index is 9.65. The Labute approximate surface area is 126 Å². The zero-order valence-electron chi connectivity index (χ0n) is 12.5. The number of piperidine rings is 1. The maximum Gasteiger partial charge on any atom is 0.0645 e. The lowest BCUT2D eigenvalue weighted by Crippen LogP contribution is -2.36. The number of hydrogen-bond donors (Lipinski definition) is 1. The van der Waals surface area contributed by atoms with E-state index < -0.39 is 0 Å². The highest BCUT2D eigenvalue weighted by atomic mass is 16.3. The SMILES string of the molecule is CC(O)C1CCN(Cc2cnn(-c3ccccc3)c2)CC1. The first-order valence-corrected chi connectivity index (χ1v) is 7.72. The van der Waals surface area contributed by atoms with Crippen molar-refractivity contribution in [2.75, 3.05) is 13.1 Å². The largest absolute Gasteiger partial charge is 0.393 e. The van der Waals surface area contributed by atoms with E-state index >= 15 is 0 Å². The van der Waals surface area contributed by atoms with Gasteiger partial charge >= 0.3 is 0 Å². The molecule has 1 aromatic carbocycles. The van der Waals surface area contributed by atoms with Crippen molar-refractivity contribution in [1.82, 2.24) is 14.7 Å². The van der Waals surface area contributed by atoms with Gasteiger partial charge in [-0.05, 0) is 50.9 Å². The molecule has 1 aliphatic heterocycles. The van der Waals surface area contributed by atoms with Gasteiger partial charge in [-0.1, -0.05) is 18.2 Å². The van der Waals surface area contributed by atoms with Crippen LogP contribution in [0.5, 0.6) is 0 Å². The Hall–Kier alpha value is -1.65. The minimum absolute atomic E-state index is 0.173. The molecule has 0 radical (unpaired) electrons. The van der Waals surface area contributed by atoms with Crippen LogP contribution in [0, 0.1) is 5.92 Å². The molecule has 4 nitrogen and oxygen atoms in total. The molecule has 0 aliphatic carbocycles. The highest BCUT2D eigenvalue weighted by molar-refractivity contribution is 5.30. The molecule has 1 saturated heterocycles. The van der Waals surface area contributed by atoms with Gasteiger partial charge in [0.05, 0.1) is 18.0 Å². The molecule has 0 spiro atoms. The van der Waals surface area contributed by atoms with Crippen LogP contribution in [0.4, 0.5) is 0 Å². The Morgan fingerprint density at radius 3 is 2.62 bits per heavy atom. The molecule has 1 fully saturated rings. The van der Waals surface area contributed by atoms with Gasteiger partial charge in [0.2, 0.25) is 0 Å². The predicted octanol–water partition coefficient (Wildman–Crippen LogP) is 2.47. The number of para-hydroxylation sites is 1. The Morgan fingerprint density at radius 2 is 1.95 bits per heavy atom. The van der Waals surface area contributed by atoms with Gasteiger partial charge in [-0.15, -0.1) is 0 Å². The molecule has 1 aliphatic rings. The van der Waals surface area contributed by atoms with Crippen molar-refractivity contribution in [3.63, 3.8) is 0 Å². The monoisotopic (exact) mass is 285 g/mol. The average Bonchev–Trinajstić information content (AvgIpc) is 2.97. The van der Waals surface area contributed by atoms with Crippen molar-refractivity contribution in [3.05, 3.63) is 48.3 Å². The summed E-state index contributed by atoms with van der Waals surface area (Å²) in [7, 11) is 0. The third-order valence-electron chi connectivity index (χ3n) is 4.38. The average molecular weight is 285 g/mol. The quantitative estimate of drug-likeness (QED) is 0.938. The summed E-state index contributed by atoms with van der Waals surface area (Å²) in [4.78, 5) is 2.45. The molecule has 0 saturated carbocycles. The predicted molar refractivity (Wildman–Crippen MR) is 83.2 cm³/mol. The number of aliphatic hydroxyl groups is 1. The molecular weight excluding hydrogens is 262 g/mol. The minimum Gasteiger partial charge on any atom is -0.393 e. The molecular formula is C17H23N3O. The van der Waals surface area contributed by atoms with Crippen molar-refractivity contribution in [2.45, 2.75) is 32.4 Å². The van der Waals surface area contributed by atoms with Gasteiger partial charge in [-0.25, -0.2) is 4.68 Å². The lowest BCUT2D eigenvalue weighted by atomic mass is 9.92. The number of rotatable bonds is 4. The summed E-state index contributed by atoms with van der Waals surface area (Å²) < 4.78 is 1.93. The van der Waals surface area contributed by atoms with Crippen molar-refractivity contribution < 1.29 is 5.11 Å². The van der Waals surface area contributed by atoms with Gasteiger partial charge in [0.25, 0.3) is 0 Å². The molecule has 1 N–H and O–H groups in total. The lowest BCUT2D eigenvalue weighted by molar-refractivity contribution is 0.0695. The summed E-state index contributed by atoms with van der Waals surface area (Å²) in [5, 5.41) is 14.1. The molecule has 3 rings (SSSR count). The normalized spacial score (nSPS) is 18.8. The fourth-order valence-corrected chi connectivity index (χ4v) is 3.02. The first-order valence-electron chi connectivity index (χ1n) is 7.72. The third kappa shape index (κ3) is 3.52. The van der Waals surface area contributed by atoms with Crippen molar-refractivity contribution >= 4 is 0 Å². The standard InChI is InChI=1S/C17H23N3O/c1-14(21)16-7-9-19(10-8-16)12-15-11-18-20(13-15)17-5-3-2-4-6-17/h2-6,11,13-14,16,21H,7-10,12H2,1H3. The number of benzene rings is 1. The Balaban J connectivity index is 1.59. The molecule has 0 bridgehead atoms. The van der Waals surface area contributed by atoms with E-state index in [1.54, 1.807) is 0 Å². The van der Waals surface area contributed by atoms with Crippen molar-refractivity contribution in [2.24, 2.45) is 5.92 Å². The van der Waals surface area contributed by atoms with E-state index in [4.69, 9.17) is 0 Å². The molecule has 1 unspecified atom stereocenters. The summed E-state index contributed by atoms with van der Waals surface area (Å²) in [5.74, 6) is 0.466. The van der Waals surface area contributed by atoms with Crippen LogP contribution >= 0.6 is 0 Å². The number of aliphatic hydroxyl groups excluding tert-OH is 1. The highest BCUT2D eigenvalue weighted by Gasteiger charge is 2.22. The fraction of sp³-hybridized carbons (Fsp3) is 0.471. The maximum atomic E-state index is 9.65. The van der Waals surface area contributed by atoms with Crippen molar-refractivity contribution in [3.8, 4) is 5.69 Å². The second-order valence-electron chi connectivity index (χ2n) is 5.98. The first kappa shape index (κ1) is 14.3. The zero-order valence-corrected chi connectivity index (χ0v) is 12.5. The van der Waals surface area contributed by atoms with Crippen LogP contribution in [0.15, 0.2) is 42.7 Å². The molecule has 1 atom stereocenters. The van der Waals surface area contributed by atoms with Gasteiger partial charge in [0, 0.05) is 18.3 Å². The number of hydrogen-bond acceptors (Lipinski definition) is 3. The molecule has 21 heavy (non-hydrogen) atoms. The molecule has 0 amide bonds. The van der Waals surface area contributed by atoms with Crippen LogP contribution in [0.2, 0.25) is 0 Å². The Bertz CT molecular complexity index is 556. The van der Waals surface area contributed by atoms with Gasteiger partial charge in [-0.3, -0.25) is 4.90 Å². The third-order valence-corrected chi connectivity index (χ3v) is 4.38. The molecule has 2 heterocycles. The molecule has 2 aromatic rings. The molecule has 112 valence electrons. The number of likely N-dealkylation sites (tertiary alicyclic amines) is 1.